The van der Waals surface area contributed by atoms with Gasteiger partial charge in [-0.05, 0) is 41.3 Å². The smallest absolute Gasteiger partial charge is 0.128 e. The van der Waals surface area contributed by atoms with E-state index in [-0.39, 0.29) is 11.9 Å². The Hall–Kier alpha value is -2.36. The van der Waals surface area contributed by atoms with Gasteiger partial charge in [-0.1, -0.05) is 24.3 Å². The van der Waals surface area contributed by atoms with Gasteiger partial charge in [-0.3, -0.25) is 4.99 Å². The molecule has 2 aliphatic heterocycles. The number of nitrogens with zero attached hydrogens (tertiary/aromatic N) is 2. The second kappa shape index (κ2) is 6.03. The first-order chi connectivity index (χ1) is 11.3. The molecule has 0 radical (unpaired) electrons. The number of fused-ring (bicyclic) bond motifs is 1. The van der Waals surface area contributed by atoms with E-state index in [4.69, 9.17) is 4.74 Å². The summed E-state index contributed by atoms with van der Waals surface area (Å²) in [7, 11) is 0. The molecule has 1 unspecified atom stereocenters. The summed E-state index contributed by atoms with van der Waals surface area (Å²) in [6.45, 7) is 2.75. The molecule has 0 N–H and O–H groups in total. The van der Waals surface area contributed by atoms with Crippen LogP contribution in [0.15, 0.2) is 47.5 Å². The Morgan fingerprint density at radius 2 is 2.13 bits per heavy atom. The van der Waals surface area contributed by atoms with E-state index in [2.05, 4.69) is 16.0 Å². The molecule has 2 aliphatic rings. The maximum absolute atomic E-state index is 13.8. The predicted molar refractivity (Wildman–Crippen MR) is 88.6 cm³/mol. The summed E-state index contributed by atoms with van der Waals surface area (Å²) in [6.07, 6.45) is 3.49. The zero-order valence-corrected chi connectivity index (χ0v) is 12.9. The lowest BCUT2D eigenvalue weighted by molar-refractivity contribution is 0.236. The molecule has 118 valence electrons. The minimum absolute atomic E-state index is 0.0923. The van der Waals surface area contributed by atoms with Crippen molar-refractivity contribution in [1.29, 1.82) is 0 Å². The SMILES string of the molecule is Fc1ccc(CCN2C=NCC2)c(C2Cc3ccccc3O2)c1. The maximum atomic E-state index is 13.8. The quantitative estimate of drug-likeness (QED) is 0.865. The Balaban J connectivity index is 1.55. The van der Waals surface area contributed by atoms with Crippen LogP contribution >= 0.6 is 0 Å². The molecule has 0 saturated heterocycles. The predicted octanol–water partition coefficient (Wildman–Crippen LogP) is 3.39. The highest BCUT2D eigenvalue weighted by atomic mass is 19.1. The Morgan fingerprint density at radius 1 is 1.22 bits per heavy atom. The molecule has 2 heterocycles. The average molecular weight is 310 g/mol. The van der Waals surface area contributed by atoms with Crippen molar-refractivity contribution < 1.29 is 9.13 Å². The van der Waals surface area contributed by atoms with Gasteiger partial charge in [0.1, 0.15) is 17.7 Å². The van der Waals surface area contributed by atoms with Crippen LogP contribution in [0.2, 0.25) is 0 Å². The van der Waals surface area contributed by atoms with Crippen LogP contribution in [0.25, 0.3) is 0 Å². The fourth-order valence-electron chi connectivity index (χ4n) is 3.30. The molecule has 0 aliphatic carbocycles. The highest BCUT2D eigenvalue weighted by molar-refractivity contribution is 5.57. The van der Waals surface area contributed by atoms with E-state index in [9.17, 15) is 4.39 Å². The molecule has 3 nitrogen and oxygen atoms in total. The van der Waals surface area contributed by atoms with Gasteiger partial charge in [-0.25, -0.2) is 4.39 Å². The molecular formula is C19H19FN2O. The molecule has 1 atom stereocenters. The van der Waals surface area contributed by atoms with Gasteiger partial charge in [0.2, 0.25) is 0 Å². The van der Waals surface area contributed by atoms with Crippen LogP contribution in [0.1, 0.15) is 22.8 Å². The number of hydrogen-bond acceptors (Lipinski definition) is 3. The van der Waals surface area contributed by atoms with Crippen molar-refractivity contribution in [2.24, 2.45) is 4.99 Å². The van der Waals surface area contributed by atoms with Crippen molar-refractivity contribution in [2.75, 3.05) is 19.6 Å². The molecule has 4 heteroatoms. The number of aliphatic imine (C=N–C) groups is 1. The van der Waals surface area contributed by atoms with Crippen molar-refractivity contribution in [3.05, 3.63) is 65.0 Å². The molecule has 0 bridgehead atoms. The molecule has 4 rings (SSSR count). The van der Waals surface area contributed by atoms with E-state index in [0.717, 1.165) is 49.4 Å². The molecule has 23 heavy (non-hydrogen) atoms. The number of benzene rings is 2. The summed E-state index contributed by atoms with van der Waals surface area (Å²) >= 11 is 0. The van der Waals surface area contributed by atoms with Gasteiger partial charge in [0.05, 0.1) is 12.9 Å². The molecule has 0 amide bonds. The Labute approximate surface area is 135 Å². The zero-order chi connectivity index (χ0) is 15.6. The van der Waals surface area contributed by atoms with E-state index in [0.29, 0.717) is 0 Å². The second-order valence-corrected chi connectivity index (χ2v) is 6.07. The van der Waals surface area contributed by atoms with Gasteiger partial charge in [0.25, 0.3) is 0 Å². The van der Waals surface area contributed by atoms with Crippen LogP contribution in [0.5, 0.6) is 5.75 Å². The molecule has 0 aromatic heterocycles. The number of rotatable bonds is 4. The van der Waals surface area contributed by atoms with Gasteiger partial charge < -0.3 is 9.64 Å². The lowest BCUT2D eigenvalue weighted by Gasteiger charge is -2.19. The lowest BCUT2D eigenvalue weighted by Crippen LogP contribution is -2.23. The number of ether oxygens (including phenoxy) is 1. The van der Waals surface area contributed by atoms with E-state index in [1.54, 1.807) is 12.1 Å². The summed E-state index contributed by atoms with van der Waals surface area (Å²) in [5.41, 5.74) is 3.32. The van der Waals surface area contributed by atoms with Crippen LogP contribution in [0, 0.1) is 5.82 Å². The number of hydrogen-bond donors (Lipinski definition) is 0. The van der Waals surface area contributed by atoms with Crippen molar-refractivity contribution in [3.8, 4) is 5.75 Å². The molecular weight excluding hydrogens is 291 g/mol. The van der Waals surface area contributed by atoms with Gasteiger partial charge in [0, 0.05) is 19.5 Å². The van der Waals surface area contributed by atoms with E-state index in [1.807, 2.05) is 30.6 Å². The standard InChI is InChI=1S/C19H19FN2O/c20-16-6-5-14(7-9-22-10-8-21-13-22)17(12-16)19-11-15-3-1-2-4-18(15)23-19/h1-6,12-13,19H,7-11H2. The van der Waals surface area contributed by atoms with Crippen LogP contribution in [-0.2, 0) is 12.8 Å². The van der Waals surface area contributed by atoms with Gasteiger partial charge >= 0.3 is 0 Å². The van der Waals surface area contributed by atoms with Crippen LogP contribution < -0.4 is 4.74 Å². The highest BCUT2D eigenvalue weighted by Gasteiger charge is 2.26. The summed E-state index contributed by atoms with van der Waals surface area (Å²) in [4.78, 5) is 6.44. The van der Waals surface area contributed by atoms with E-state index < -0.39 is 0 Å². The molecule has 0 saturated carbocycles. The summed E-state index contributed by atoms with van der Waals surface area (Å²) in [6, 6.07) is 13.1. The van der Waals surface area contributed by atoms with Gasteiger partial charge in [-0.15, -0.1) is 0 Å². The summed E-state index contributed by atoms with van der Waals surface area (Å²) in [5, 5.41) is 0. The first-order valence-corrected chi connectivity index (χ1v) is 8.06. The van der Waals surface area contributed by atoms with E-state index >= 15 is 0 Å². The minimum Gasteiger partial charge on any atom is -0.485 e. The van der Waals surface area contributed by atoms with Crippen LogP contribution in [-0.4, -0.2) is 30.9 Å². The largest absolute Gasteiger partial charge is 0.485 e. The summed E-state index contributed by atoms with van der Waals surface area (Å²) < 4.78 is 19.8. The Bertz CT molecular complexity index is 719. The van der Waals surface area contributed by atoms with Crippen molar-refractivity contribution in [3.63, 3.8) is 0 Å². The third kappa shape index (κ3) is 2.93. The Kier molecular flexibility index (Phi) is 3.74. The van der Waals surface area contributed by atoms with Crippen LogP contribution in [0.3, 0.4) is 0 Å². The average Bonchev–Trinajstić information content (AvgIpc) is 3.22. The van der Waals surface area contributed by atoms with E-state index in [1.165, 1.54) is 5.56 Å². The van der Waals surface area contributed by atoms with Crippen molar-refractivity contribution in [2.45, 2.75) is 18.9 Å². The maximum Gasteiger partial charge on any atom is 0.128 e. The number of halogens is 1. The first kappa shape index (κ1) is 14.2. The lowest BCUT2D eigenvalue weighted by atomic mass is 9.96. The third-order valence-corrected chi connectivity index (χ3v) is 4.53. The number of para-hydroxylation sites is 1. The molecule has 0 fully saturated rings. The van der Waals surface area contributed by atoms with Gasteiger partial charge in [0.15, 0.2) is 0 Å². The molecule has 2 aromatic carbocycles. The Morgan fingerprint density at radius 3 is 2.96 bits per heavy atom. The normalized spacial score (nSPS) is 19.0. The monoisotopic (exact) mass is 310 g/mol. The molecule has 0 spiro atoms. The minimum atomic E-state index is -0.203. The third-order valence-electron chi connectivity index (χ3n) is 4.53. The fourth-order valence-corrected chi connectivity index (χ4v) is 3.30. The van der Waals surface area contributed by atoms with Crippen molar-refractivity contribution >= 4 is 6.34 Å². The van der Waals surface area contributed by atoms with Crippen molar-refractivity contribution in [1.82, 2.24) is 4.90 Å². The topological polar surface area (TPSA) is 24.8 Å². The highest BCUT2D eigenvalue weighted by Crippen LogP contribution is 2.37. The first-order valence-electron chi connectivity index (χ1n) is 8.06. The molecule has 2 aromatic rings. The van der Waals surface area contributed by atoms with Crippen LogP contribution in [0.4, 0.5) is 4.39 Å². The second-order valence-electron chi connectivity index (χ2n) is 6.07. The fraction of sp³-hybridized carbons (Fsp3) is 0.316. The summed E-state index contributed by atoms with van der Waals surface area (Å²) in [5.74, 6) is 0.713. The zero-order valence-electron chi connectivity index (χ0n) is 12.9. The van der Waals surface area contributed by atoms with Gasteiger partial charge in [-0.2, -0.15) is 0 Å².